The summed E-state index contributed by atoms with van der Waals surface area (Å²) in [7, 11) is -4.49. The van der Waals surface area contributed by atoms with Gasteiger partial charge < -0.3 is 39.8 Å². The number of phosphoric ester groups is 1. The molecule has 0 amide bonds. The van der Waals surface area contributed by atoms with Crippen LogP contribution in [0.1, 0.15) is 146 Å². The molecule has 0 aliphatic heterocycles. The molecular formula is C45H76NO12P. The van der Waals surface area contributed by atoms with Crippen molar-refractivity contribution in [3.63, 3.8) is 0 Å². The number of nitrogens with two attached hydrogens (primary N) is 1. The van der Waals surface area contributed by atoms with Gasteiger partial charge in [-0.3, -0.25) is 18.6 Å². The minimum atomic E-state index is -4.49. The Kier molecular flexibility index (Phi) is 31.0. The predicted octanol–water partition coefficient (Wildman–Crippen LogP) is 8.51. The molecular weight excluding hydrogens is 777 g/mol. The first kappa shape index (κ1) is 54.1. The lowest BCUT2D eigenvalue weighted by Gasteiger charge is -2.20. The highest BCUT2D eigenvalue weighted by Gasteiger charge is 2.26. The van der Waals surface area contributed by atoms with E-state index < -0.39 is 50.8 Å². The number of aryl methyl sites for hydroxylation is 2. The van der Waals surface area contributed by atoms with Crippen LogP contribution < -0.4 is 5.73 Å². The molecule has 0 bridgehead atoms. The van der Waals surface area contributed by atoms with Crippen LogP contribution in [0.2, 0.25) is 0 Å². The molecule has 1 heterocycles. The minimum absolute atomic E-state index is 0.0116. The lowest BCUT2D eigenvalue weighted by molar-refractivity contribution is -0.161. The van der Waals surface area contributed by atoms with Gasteiger partial charge >= 0.3 is 19.8 Å². The summed E-state index contributed by atoms with van der Waals surface area (Å²) in [6.07, 6.45) is 24.9. The van der Waals surface area contributed by atoms with Crippen LogP contribution in [0.4, 0.5) is 0 Å². The minimum Gasteiger partial charge on any atom is -0.466 e. The number of carbonyl (C=O) groups excluding carboxylic acids is 2. The average molecular weight is 854 g/mol. The van der Waals surface area contributed by atoms with Gasteiger partial charge in [0, 0.05) is 32.2 Å². The van der Waals surface area contributed by atoms with Crippen molar-refractivity contribution in [1.82, 2.24) is 0 Å². The van der Waals surface area contributed by atoms with E-state index in [-0.39, 0.29) is 45.4 Å². The summed E-state index contributed by atoms with van der Waals surface area (Å²) >= 11 is 0. The summed E-state index contributed by atoms with van der Waals surface area (Å²) in [5.74, 6) is 1.03. The highest BCUT2D eigenvalue weighted by atomic mass is 31.2. The fourth-order valence-corrected chi connectivity index (χ4v) is 6.84. The van der Waals surface area contributed by atoms with Gasteiger partial charge in [0.25, 0.3) is 0 Å². The molecule has 0 saturated heterocycles. The third-order valence-corrected chi connectivity index (χ3v) is 10.8. The third kappa shape index (κ3) is 27.6. The van der Waals surface area contributed by atoms with E-state index in [1.54, 1.807) is 42.5 Å². The standard InChI is InChI=1S/C45H76NO12P/c1-5-7-17-24-38(47)25-19-13-9-10-14-20-26-40(48)41(49)27-23-31-45(51)57-39(35-56-59(52,53)55-33-32-46)34-54-44(50)30-22-16-12-11-15-21-29-43-37(4)36(3)42(58-43)28-18-8-6-2/h9-10,13-14,19-20,25-26,38-41,47-49H,5-8,11-12,15-18,21-24,27-35,46H2,1-4H3,(H,52,53)/b13-9-,14-10+,25-19+,26-20+/t38-,39+,40-,41-/m0/s1. The zero-order valence-corrected chi connectivity index (χ0v) is 37.2. The summed E-state index contributed by atoms with van der Waals surface area (Å²) < 4.78 is 38.8. The van der Waals surface area contributed by atoms with Crippen LogP contribution in [0.3, 0.4) is 0 Å². The number of rotatable bonds is 36. The Morgan fingerprint density at radius 1 is 0.695 bits per heavy atom. The number of aliphatic hydroxyl groups is 3. The van der Waals surface area contributed by atoms with E-state index in [0.717, 1.165) is 88.6 Å². The molecule has 6 N–H and O–H groups in total. The van der Waals surface area contributed by atoms with Gasteiger partial charge in [-0.2, -0.15) is 0 Å². The number of furan rings is 1. The molecule has 0 spiro atoms. The summed E-state index contributed by atoms with van der Waals surface area (Å²) in [6, 6.07) is 0. The van der Waals surface area contributed by atoms with Crippen LogP contribution in [0.5, 0.6) is 0 Å². The molecule has 0 radical (unpaired) electrons. The number of esters is 2. The Morgan fingerprint density at radius 3 is 1.90 bits per heavy atom. The first-order chi connectivity index (χ1) is 28.3. The van der Waals surface area contributed by atoms with Crippen LogP contribution in [-0.2, 0) is 45.5 Å². The zero-order chi connectivity index (χ0) is 43.7. The molecule has 13 nitrogen and oxygen atoms in total. The van der Waals surface area contributed by atoms with Crippen LogP contribution in [0.15, 0.2) is 53.0 Å². The molecule has 338 valence electrons. The van der Waals surface area contributed by atoms with Crippen molar-refractivity contribution < 1.29 is 57.3 Å². The average Bonchev–Trinajstić information content (AvgIpc) is 3.47. The lowest BCUT2D eigenvalue weighted by Crippen LogP contribution is -2.30. The molecule has 1 unspecified atom stereocenters. The van der Waals surface area contributed by atoms with Crippen molar-refractivity contribution >= 4 is 19.8 Å². The largest absolute Gasteiger partial charge is 0.472 e. The van der Waals surface area contributed by atoms with Crippen molar-refractivity contribution in [3.8, 4) is 0 Å². The number of carbonyl (C=O) groups is 2. The number of ether oxygens (including phenoxy) is 2. The maximum absolute atomic E-state index is 12.6. The van der Waals surface area contributed by atoms with Crippen molar-refractivity contribution in [1.29, 1.82) is 0 Å². The van der Waals surface area contributed by atoms with Gasteiger partial charge in [-0.05, 0) is 63.5 Å². The number of hydrogen-bond donors (Lipinski definition) is 5. The Labute approximate surface area is 353 Å². The monoisotopic (exact) mass is 854 g/mol. The van der Waals surface area contributed by atoms with Crippen molar-refractivity contribution in [2.24, 2.45) is 5.73 Å². The molecule has 0 aliphatic rings. The van der Waals surface area contributed by atoms with Crippen LogP contribution in [0.25, 0.3) is 0 Å². The quantitative estimate of drug-likeness (QED) is 0.0186. The van der Waals surface area contributed by atoms with Gasteiger partial charge in [-0.1, -0.05) is 120 Å². The van der Waals surface area contributed by atoms with E-state index in [1.165, 1.54) is 30.0 Å². The van der Waals surface area contributed by atoms with E-state index in [1.807, 2.05) is 0 Å². The number of unbranched alkanes of at least 4 members (excludes halogenated alkanes) is 9. The summed E-state index contributed by atoms with van der Waals surface area (Å²) in [4.78, 5) is 35.1. The van der Waals surface area contributed by atoms with Crippen LogP contribution >= 0.6 is 7.82 Å². The first-order valence-corrected chi connectivity index (χ1v) is 23.3. The molecule has 14 heteroatoms. The normalized spacial score (nSPS) is 15.3. The first-order valence-electron chi connectivity index (χ1n) is 21.8. The fraction of sp³-hybridized carbons (Fsp3) is 0.689. The lowest BCUT2D eigenvalue weighted by atomic mass is 10.0. The second-order valence-corrected chi connectivity index (χ2v) is 16.5. The molecule has 1 rings (SSSR count). The molecule has 5 atom stereocenters. The second-order valence-electron chi connectivity index (χ2n) is 15.0. The van der Waals surface area contributed by atoms with E-state index in [2.05, 4.69) is 27.7 Å². The molecule has 0 fully saturated rings. The van der Waals surface area contributed by atoms with Crippen molar-refractivity contribution in [2.45, 2.75) is 174 Å². The Bertz CT molecular complexity index is 1440. The molecule has 1 aromatic rings. The topological polar surface area (TPSA) is 208 Å². The predicted molar refractivity (Wildman–Crippen MR) is 232 cm³/mol. The number of aliphatic hydroxyl groups excluding tert-OH is 3. The molecule has 0 saturated carbocycles. The van der Waals surface area contributed by atoms with E-state index in [9.17, 15) is 34.4 Å². The van der Waals surface area contributed by atoms with E-state index in [0.29, 0.717) is 6.42 Å². The number of allylic oxidation sites excluding steroid dienone is 6. The maximum atomic E-state index is 12.6. The van der Waals surface area contributed by atoms with Crippen LogP contribution in [0, 0.1) is 13.8 Å². The Morgan fingerprint density at radius 2 is 1.25 bits per heavy atom. The fourth-order valence-electron chi connectivity index (χ4n) is 6.08. The summed E-state index contributed by atoms with van der Waals surface area (Å²) in [5, 5.41) is 30.5. The van der Waals surface area contributed by atoms with Crippen LogP contribution in [-0.4, -0.2) is 82.9 Å². The smallest absolute Gasteiger partial charge is 0.466 e. The molecule has 1 aromatic heterocycles. The Balaban J connectivity index is 2.44. The maximum Gasteiger partial charge on any atom is 0.472 e. The van der Waals surface area contributed by atoms with Crippen molar-refractivity contribution in [2.75, 3.05) is 26.4 Å². The van der Waals surface area contributed by atoms with Gasteiger partial charge in [-0.15, -0.1) is 0 Å². The highest BCUT2D eigenvalue weighted by Crippen LogP contribution is 2.43. The molecule has 0 aliphatic carbocycles. The summed E-state index contributed by atoms with van der Waals surface area (Å²) in [5.41, 5.74) is 7.89. The molecule has 0 aromatic carbocycles. The Hall–Kier alpha value is -2.87. The van der Waals surface area contributed by atoms with E-state index in [4.69, 9.17) is 28.7 Å². The number of phosphoric acid groups is 1. The zero-order valence-electron chi connectivity index (χ0n) is 36.3. The van der Waals surface area contributed by atoms with Crippen molar-refractivity contribution in [3.05, 3.63) is 71.3 Å². The van der Waals surface area contributed by atoms with Gasteiger partial charge in [0.1, 0.15) is 18.1 Å². The van der Waals surface area contributed by atoms with Gasteiger partial charge in [-0.25, -0.2) is 4.57 Å². The SMILES string of the molecule is CCCCCc1oc(CCCCCCCCC(=O)OC[C@H](COP(=O)(O)OCCN)OC(=O)CCC[C@H](O)[C@@H](O)/C=C/C=C/C=C\C=C\[C@@H](O)CCCCC)c(C)c1C. The van der Waals surface area contributed by atoms with Gasteiger partial charge in [0.05, 0.1) is 31.5 Å². The van der Waals surface area contributed by atoms with E-state index >= 15 is 0 Å². The number of hydrogen-bond acceptors (Lipinski definition) is 12. The summed E-state index contributed by atoms with van der Waals surface area (Å²) in [6.45, 7) is 7.42. The highest BCUT2D eigenvalue weighted by molar-refractivity contribution is 7.47. The van der Waals surface area contributed by atoms with Gasteiger partial charge in [0.2, 0.25) is 0 Å². The third-order valence-electron chi connectivity index (χ3n) is 9.79. The second kappa shape index (κ2) is 33.8. The van der Waals surface area contributed by atoms with Gasteiger partial charge in [0.15, 0.2) is 6.10 Å². The molecule has 59 heavy (non-hydrogen) atoms.